The van der Waals surface area contributed by atoms with Crippen molar-refractivity contribution in [3.63, 3.8) is 0 Å². The van der Waals surface area contributed by atoms with Crippen LogP contribution in [-0.4, -0.2) is 20.9 Å². The number of aromatic nitrogens is 3. The fourth-order valence-electron chi connectivity index (χ4n) is 2.96. The van der Waals surface area contributed by atoms with Gasteiger partial charge in [0.25, 0.3) is 0 Å². The second-order valence-electron chi connectivity index (χ2n) is 5.44. The number of hydrogen-bond acceptors (Lipinski definition) is 3. The van der Waals surface area contributed by atoms with E-state index in [1.165, 1.54) is 21.5 Å². The molecular formula is C13H16F3N4S2+. The van der Waals surface area contributed by atoms with Crippen molar-refractivity contribution in [2.75, 3.05) is 6.54 Å². The standard InChI is InChI=1S/C13H15F3N4S2/c1-18-11(13(14,15)16)17-20(12(18)21)8-19-6-2-4-9(19)10-5-3-7-22-10/h3,5,7,9H,2,4,6,8H2,1H3/p+1/t9-/m0/s1. The van der Waals surface area contributed by atoms with E-state index in [0.29, 0.717) is 12.7 Å². The number of likely N-dealkylation sites (tertiary alicyclic amines) is 1. The predicted octanol–water partition coefficient (Wildman–Crippen LogP) is 2.41. The van der Waals surface area contributed by atoms with Crippen molar-refractivity contribution in [3.8, 4) is 0 Å². The smallest absolute Gasteiger partial charge is 0.309 e. The molecule has 1 N–H and O–H groups in total. The molecular weight excluding hydrogens is 333 g/mol. The zero-order chi connectivity index (χ0) is 15.9. The molecule has 0 aromatic carbocycles. The largest absolute Gasteiger partial charge is 0.451 e. The third kappa shape index (κ3) is 2.84. The molecule has 2 aromatic heterocycles. The minimum Gasteiger partial charge on any atom is -0.309 e. The molecule has 0 saturated carbocycles. The maximum absolute atomic E-state index is 12.9. The maximum atomic E-state index is 12.9. The van der Waals surface area contributed by atoms with E-state index in [1.54, 1.807) is 11.3 Å². The molecule has 1 fully saturated rings. The molecule has 120 valence electrons. The molecule has 1 saturated heterocycles. The van der Waals surface area contributed by atoms with Crippen molar-refractivity contribution in [3.05, 3.63) is 33.0 Å². The van der Waals surface area contributed by atoms with Gasteiger partial charge in [0.2, 0.25) is 10.6 Å². The van der Waals surface area contributed by atoms with Crippen molar-refractivity contribution < 1.29 is 18.1 Å². The number of hydrogen-bond donors (Lipinski definition) is 1. The van der Waals surface area contributed by atoms with Crippen LogP contribution >= 0.6 is 23.6 Å². The molecule has 3 rings (SSSR count). The van der Waals surface area contributed by atoms with Crippen LogP contribution in [0.2, 0.25) is 0 Å². The number of nitrogens with zero attached hydrogens (tertiary/aromatic N) is 3. The van der Waals surface area contributed by atoms with Gasteiger partial charge in [-0.1, -0.05) is 6.07 Å². The Hall–Kier alpha value is -1.19. The van der Waals surface area contributed by atoms with Crippen LogP contribution in [0.5, 0.6) is 0 Å². The molecule has 4 nitrogen and oxygen atoms in total. The molecule has 22 heavy (non-hydrogen) atoms. The normalized spacial score (nSPS) is 22.4. The first-order valence-corrected chi connectivity index (χ1v) is 8.25. The fraction of sp³-hybridized carbons (Fsp3) is 0.538. The minimum atomic E-state index is -4.49. The fourth-order valence-corrected chi connectivity index (χ4v) is 4.08. The van der Waals surface area contributed by atoms with Gasteiger partial charge in [-0.2, -0.15) is 17.9 Å². The van der Waals surface area contributed by atoms with E-state index in [9.17, 15) is 13.2 Å². The highest BCUT2D eigenvalue weighted by Crippen LogP contribution is 2.27. The van der Waals surface area contributed by atoms with Crippen LogP contribution in [0.25, 0.3) is 0 Å². The number of alkyl halides is 3. The Bertz CT molecular complexity index is 702. The topological polar surface area (TPSA) is 27.2 Å². The number of rotatable bonds is 3. The van der Waals surface area contributed by atoms with Gasteiger partial charge in [-0.25, -0.2) is 0 Å². The highest BCUT2D eigenvalue weighted by Gasteiger charge is 2.38. The van der Waals surface area contributed by atoms with Gasteiger partial charge in [-0.3, -0.25) is 4.57 Å². The lowest BCUT2D eigenvalue weighted by atomic mass is 10.2. The molecule has 9 heteroatoms. The Morgan fingerprint density at radius 1 is 1.50 bits per heavy atom. The van der Waals surface area contributed by atoms with E-state index in [1.807, 2.05) is 11.4 Å². The average molecular weight is 349 g/mol. The van der Waals surface area contributed by atoms with Gasteiger partial charge in [0, 0.05) is 19.9 Å². The molecule has 0 radical (unpaired) electrons. The number of halogens is 3. The molecule has 0 amide bonds. The van der Waals surface area contributed by atoms with Gasteiger partial charge >= 0.3 is 6.18 Å². The quantitative estimate of drug-likeness (QED) is 0.862. The zero-order valence-corrected chi connectivity index (χ0v) is 13.6. The Morgan fingerprint density at radius 3 is 2.86 bits per heavy atom. The van der Waals surface area contributed by atoms with Crippen LogP contribution in [-0.2, 0) is 19.9 Å². The van der Waals surface area contributed by atoms with Crippen molar-refractivity contribution in [2.24, 2.45) is 7.05 Å². The summed E-state index contributed by atoms with van der Waals surface area (Å²) in [7, 11) is 1.31. The van der Waals surface area contributed by atoms with Gasteiger partial charge in [-0.05, 0) is 23.7 Å². The number of quaternary nitrogens is 1. The minimum absolute atomic E-state index is 0.108. The summed E-state index contributed by atoms with van der Waals surface area (Å²) in [6.07, 6.45) is -2.38. The van der Waals surface area contributed by atoms with E-state index in [4.69, 9.17) is 12.2 Å². The SMILES string of the molecule is Cn1c(C(F)(F)F)nn(C[NH+]2CCC[C@H]2c2cccs2)c1=S. The molecule has 0 spiro atoms. The van der Waals surface area contributed by atoms with Gasteiger partial charge in [0.1, 0.15) is 6.04 Å². The molecule has 2 aromatic rings. The summed E-state index contributed by atoms with van der Waals surface area (Å²) in [4.78, 5) is 2.48. The van der Waals surface area contributed by atoms with E-state index in [0.717, 1.165) is 24.0 Å². The maximum Gasteiger partial charge on any atom is 0.451 e. The van der Waals surface area contributed by atoms with Crippen molar-refractivity contribution in [1.29, 1.82) is 0 Å². The van der Waals surface area contributed by atoms with E-state index in [-0.39, 0.29) is 4.77 Å². The van der Waals surface area contributed by atoms with Crippen LogP contribution in [0, 0.1) is 4.77 Å². The molecule has 1 aliphatic heterocycles. The van der Waals surface area contributed by atoms with Crippen LogP contribution < -0.4 is 4.90 Å². The Labute approximate surface area is 134 Å². The van der Waals surface area contributed by atoms with E-state index in [2.05, 4.69) is 11.2 Å². The molecule has 0 aliphatic carbocycles. The summed E-state index contributed by atoms with van der Waals surface area (Å²) in [5.41, 5.74) is 0. The van der Waals surface area contributed by atoms with Crippen molar-refractivity contribution in [1.82, 2.24) is 14.3 Å². The summed E-state index contributed by atoms with van der Waals surface area (Å²) in [5, 5.41) is 5.72. The molecule has 0 bridgehead atoms. The lowest BCUT2D eigenvalue weighted by molar-refractivity contribution is -0.941. The Kier molecular flexibility index (Phi) is 4.13. The van der Waals surface area contributed by atoms with Gasteiger partial charge in [-0.15, -0.1) is 16.4 Å². The highest BCUT2D eigenvalue weighted by molar-refractivity contribution is 7.71. The Balaban J connectivity index is 1.86. The Morgan fingerprint density at radius 2 is 2.27 bits per heavy atom. The van der Waals surface area contributed by atoms with Gasteiger partial charge < -0.3 is 4.90 Å². The zero-order valence-electron chi connectivity index (χ0n) is 11.9. The summed E-state index contributed by atoms with van der Waals surface area (Å²) in [5.74, 6) is -0.941. The van der Waals surface area contributed by atoms with E-state index >= 15 is 0 Å². The van der Waals surface area contributed by atoms with Crippen molar-refractivity contribution in [2.45, 2.75) is 31.7 Å². The average Bonchev–Trinajstić information content (AvgIpc) is 3.14. The monoisotopic (exact) mass is 349 g/mol. The van der Waals surface area contributed by atoms with E-state index < -0.39 is 12.0 Å². The predicted molar refractivity (Wildman–Crippen MR) is 79.2 cm³/mol. The van der Waals surface area contributed by atoms with Crippen molar-refractivity contribution >= 4 is 23.6 Å². The third-order valence-electron chi connectivity index (χ3n) is 4.02. The molecule has 1 aliphatic rings. The van der Waals surface area contributed by atoms with Crippen LogP contribution in [0.1, 0.15) is 29.6 Å². The number of thiophene rings is 1. The number of nitrogens with one attached hydrogen (secondary N) is 1. The van der Waals surface area contributed by atoms with Gasteiger partial charge in [0.05, 0.1) is 11.4 Å². The van der Waals surface area contributed by atoms with Crippen LogP contribution in [0.4, 0.5) is 13.2 Å². The molecule has 3 heterocycles. The first-order chi connectivity index (χ1) is 10.4. The lowest BCUT2D eigenvalue weighted by Crippen LogP contribution is -3.09. The summed E-state index contributed by atoms with van der Waals surface area (Å²) in [6.45, 7) is 1.29. The molecule has 2 atom stereocenters. The first kappa shape index (κ1) is 15.7. The van der Waals surface area contributed by atoms with Gasteiger partial charge in [0.15, 0.2) is 6.67 Å². The third-order valence-corrected chi connectivity index (χ3v) is 5.49. The molecule has 1 unspecified atom stereocenters. The highest BCUT2D eigenvalue weighted by atomic mass is 32.1. The summed E-state index contributed by atoms with van der Waals surface area (Å²) >= 11 is 6.80. The first-order valence-electron chi connectivity index (χ1n) is 6.97. The van der Waals surface area contributed by atoms with Crippen LogP contribution in [0.15, 0.2) is 17.5 Å². The lowest BCUT2D eigenvalue weighted by Gasteiger charge is -2.20. The summed E-state index contributed by atoms with van der Waals surface area (Å²) < 4.78 is 41.1. The summed E-state index contributed by atoms with van der Waals surface area (Å²) in [6, 6.07) is 4.40. The second-order valence-corrected chi connectivity index (χ2v) is 6.78. The van der Waals surface area contributed by atoms with Crippen LogP contribution in [0.3, 0.4) is 0 Å². The second kappa shape index (κ2) is 5.78.